The second-order valence-corrected chi connectivity index (χ2v) is 4.79. The molecule has 0 aliphatic heterocycles. The summed E-state index contributed by atoms with van der Waals surface area (Å²) in [5.74, 6) is 0. The van der Waals surface area contributed by atoms with Crippen molar-refractivity contribution in [3.8, 4) is 0 Å². The van der Waals surface area contributed by atoms with Crippen molar-refractivity contribution >= 4 is 43.4 Å². The third kappa shape index (κ3) is 0.947. The molecule has 0 unspecified atom stereocenters. The monoisotopic (exact) mass is 224 g/mol. The highest BCUT2D eigenvalue weighted by molar-refractivity contribution is 7.18. The van der Waals surface area contributed by atoms with Crippen LogP contribution >= 0.6 is 11.3 Å². The fraction of sp³-hybridized carbons (Fsp3) is 0. The first-order valence-corrected chi connectivity index (χ1v) is 6.09. The summed E-state index contributed by atoms with van der Waals surface area (Å²) >= 11 is 1.74. The summed E-state index contributed by atoms with van der Waals surface area (Å²) in [5, 5.41) is 5.88. The number of hydrogen-bond acceptors (Lipinski definition) is 2. The van der Waals surface area contributed by atoms with Crippen LogP contribution in [0, 0.1) is 0 Å². The van der Waals surface area contributed by atoms with E-state index < -0.39 is 0 Å². The van der Waals surface area contributed by atoms with Gasteiger partial charge in [0, 0.05) is 5.39 Å². The van der Waals surface area contributed by atoms with Crippen molar-refractivity contribution in [2.75, 3.05) is 0 Å². The summed E-state index contributed by atoms with van der Waals surface area (Å²) in [5.41, 5.74) is 1.98. The average molecular weight is 224 g/mol. The number of thiophene rings is 1. The van der Waals surface area contributed by atoms with E-state index in [1.165, 1.54) is 20.9 Å². The van der Waals surface area contributed by atoms with E-state index in [0.29, 0.717) is 0 Å². The van der Waals surface area contributed by atoms with Gasteiger partial charge in [0.1, 0.15) is 11.2 Å². The number of rotatable bonds is 0. The minimum atomic E-state index is 0.987. The van der Waals surface area contributed by atoms with Gasteiger partial charge in [0.15, 0.2) is 0 Å². The molecule has 0 saturated carbocycles. The molecule has 0 aliphatic carbocycles. The fourth-order valence-electron chi connectivity index (χ4n) is 2.25. The van der Waals surface area contributed by atoms with Crippen LogP contribution in [0.3, 0.4) is 0 Å². The standard InChI is InChI=1S/C14H8OS/c1-2-4-10-9(3-1)5-6-11-13(10)14-12(15-11)7-8-16-14/h1-8H. The van der Waals surface area contributed by atoms with Crippen LogP contribution in [-0.2, 0) is 0 Å². The smallest absolute Gasteiger partial charge is 0.146 e. The van der Waals surface area contributed by atoms with Crippen LogP contribution in [-0.4, -0.2) is 0 Å². The van der Waals surface area contributed by atoms with Gasteiger partial charge in [-0.25, -0.2) is 0 Å². The molecule has 2 heteroatoms. The Morgan fingerprint density at radius 3 is 2.81 bits per heavy atom. The molecule has 16 heavy (non-hydrogen) atoms. The second kappa shape index (κ2) is 2.86. The minimum Gasteiger partial charge on any atom is -0.455 e. The Labute approximate surface area is 95.9 Å². The Balaban J connectivity index is 2.41. The molecule has 2 heterocycles. The van der Waals surface area contributed by atoms with Gasteiger partial charge in [0.2, 0.25) is 0 Å². The average Bonchev–Trinajstić information content (AvgIpc) is 2.88. The van der Waals surface area contributed by atoms with Crippen LogP contribution in [0.5, 0.6) is 0 Å². The SMILES string of the molecule is c1ccc2c(c1)ccc1oc3ccsc3c12. The molecule has 0 N–H and O–H groups in total. The molecule has 0 spiro atoms. The molecule has 1 nitrogen and oxygen atoms in total. The van der Waals surface area contributed by atoms with Gasteiger partial charge in [-0.05, 0) is 28.3 Å². The molecule has 4 rings (SSSR count). The van der Waals surface area contributed by atoms with Crippen molar-refractivity contribution in [3.63, 3.8) is 0 Å². The van der Waals surface area contributed by atoms with E-state index in [4.69, 9.17) is 4.42 Å². The first-order chi connectivity index (χ1) is 7.93. The molecule has 0 aliphatic rings. The van der Waals surface area contributed by atoms with E-state index in [9.17, 15) is 0 Å². The summed E-state index contributed by atoms with van der Waals surface area (Å²) < 4.78 is 7.07. The van der Waals surface area contributed by atoms with Gasteiger partial charge in [-0.3, -0.25) is 0 Å². The summed E-state index contributed by atoms with van der Waals surface area (Å²) in [4.78, 5) is 0. The van der Waals surface area contributed by atoms with Crippen molar-refractivity contribution in [1.82, 2.24) is 0 Å². The molecule has 2 aromatic carbocycles. The zero-order chi connectivity index (χ0) is 10.5. The highest BCUT2D eigenvalue weighted by Crippen LogP contribution is 2.37. The Morgan fingerprint density at radius 1 is 0.875 bits per heavy atom. The van der Waals surface area contributed by atoms with Crippen LogP contribution < -0.4 is 0 Å². The summed E-state index contributed by atoms with van der Waals surface area (Å²) in [6.45, 7) is 0. The maximum absolute atomic E-state index is 5.81. The predicted molar refractivity (Wildman–Crippen MR) is 69.1 cm³/mol. The first kappa shape index (κ1) is 8.36. The second-order valence-electron chi connectivity index (χ2n) is 3.88. The Kier molecular flexibility index (Phi) is 1.50. The lowest BCUT2D eigenvalue weighted by molar-refractivity contribution is 0.670. The summed E-state index contributed by atoms with van der Waals surface area (Å²) in [7, 11) is 0. The maximum atomic E-state index is 5.81. The molecule has 0 bridgehead atoms. The molecular formula is C14H8OS. The summed E-state index contributed by atoms with van der Waals surface area (Å²) in [6, 6.07) is 14.7. The molecule has 0 saturated heterocycles. The van der Waals surface area contributed by atoms with E-state index in [-0.39, 0.29) is 0 Å². The zero-order valence-electron chi connectivity index (χ0n) is 8.44. The molecular weight excluding hydrogens is 216 g/mol. The summed E-state index contributed by atoms with van der Waals surface area (Å²) in [6.07, 6.45) is 0. The predicted octanol–water partition coefficient (Wildman–Crippen LogP) is 4.80. The topological polar surface area (TPSA) is 13.1 Å². The van der Waals surface area contributed by atoms with Gasteiger partial charge >= 0.3 is 0 Å². The van der Waals surface area contributed by atoms with Gasteiger partial charge in [-0.2, -0.15) is 0 Å². The molecule has 0 radical (unpaired) electrons. The van der Waals surface area contributed by atoms with Crippen LogP contribution in [0.2, 0.25) is 0 Å². The molecule has 0 amide bonds. The fourth-order valence-corrected chi connectivity index (χ4v) is 3.13. The lowest BCUT2D eigenvalue weighted by atomic mass is 10.1. The van der Waals surface area contributed by atoms with Gasteiger partial charge in [-0.1, -0.05) is 30.3 Å². The third-order valence-corrected chi connectivity index (χ3v) is 3.88. The van der Waals surface area contributed by atoms with Crippen LogP contribution in [0.4, 0.5) is 0 Å². The number of hydrogen-bond donors (Lipinski definition) is 0. The number of furan rings is 1. The van der Waals surface area contributed by atoms with E-state index in [1.807, 2.05) is 6.07 Å². The van der Waals surface area contributed by atoms with Crippen molar-refractivity contribution in [2.24, 2.45) is 0 Å². The van der Waals surface area contributed by atoms with E-state index in [0.717, 1.165) is 11.2 Å². The van der Waals surface area contributed by atoms with E-state index in [1.54, 1.807) is 11.3 Å². The van der Waals surface area contributed by atoms with Gasteiger partial charge in [0.05, 0.1) is 4.70 Å². The van der Waals surface area contributed by atoms with Gasteiger partial charge in [-0.15, -0.1) is 11.3 Å². The first-order valence-electron chi connectivity index (χ1n) is 5.21. The van der Waals surface area contributed by atoms with Crippen molar-refractivity contribution in [2.45, 2.75) is 0 Å². The van der Waals surface area contributed by atoms with Crippen molar-refractivity contribution < 1.29 is 4.42 Å². The normalized spacial score (nSPS) is 11.8. The van der Waals surface area contributed by atoms with Crippen LogP contribution in [0.15, 0.2) is 52.3 Å². The molecule has 0 fully saturated rings. The Morgan fingerprint density at radius 2 is 1.81 bits per heavy atom. The lowest BCUT2D eigenvalue weighted by Crippen LogP contribution is -1.71. The number of fused-ring (bicyclic) bond motifs is 5. The maximum Gasteiger partial charge on any atom is 0.146 e. The van der Waals surface area contributed by atoms with Gasteiger partial charge < -0.3 is 4.42 Å². The van der Waals surface area contributed by atoms with Crippen molar-refractivity contribution in [1.29, 1.82) is 0 Å². The Hall–Kier alpha value is -1.80. The van der Waals surface area contributed by atoms with Crippen molar-refractivity contribution in [3.05, 3.63) is 47.8 Å². The highest BCUT2D eigenvalue weighted by atomic mass is 32.1. The Bertz CT molecular complexity index is 807. The van der Waals surface area contributed by atoms with Gasteiger partial charge in [0.25, 0.3) is 0 Å². The van der Waals surface area contributed by atoms with Crippen LogP contribution in [0.25, 0.3) is 32.0 Å². The third-order valence-electron chi connectivity index (χ3n) is 2.97. The largest absolute Gasteiger partial charge is 0.455 e. The van der Waals surface area contributed by atoms with Crippen LogP contribution in [0.1, 0.15) is 0 Å². The quantitative estimate of drug-likeness (QED) is 0.418. The minimum absolute atomic E-state index is 0.987. The van der Waals surface area contributed by atoms with E-state index in [2.05, 4.69) is 41.8 Å². The molecule has 76 valence electrons. The number of benzene rings is 2. The van der Waals surface area contributed by atoms with E-state index >= 15 is 0 Å². The molecule has 0 atom stereocenters. The molecule has 4 aromatic rings. The zero-order valence-corrected chi connectivity index (χ0v) is 9.25. The lowest BCUT2D eigenvalue weighted by Gasteiger charge is -1.97. The highest BCUT2D eigenvalue weighted by Gasteiger charge is 2.10. The molecule has 2 aromatic heterocycles.